The van der Waals surface area contributed by atoms with E-state index in [1.165, 1.54) is 0 Å². The highest BCUT2D eigenvalue weighted by Gasteiger charge is 2.09. The monoisotopic (exact) mass is 198 g/mol. The number of ether oxygens (including phenoxy) is 1. The van der Waals surface area contributed by atoms with Crippen LogP contribution in [0.25, 0.3) is 0 Å². The number of likely N-dealkylation sites (N-methyl/N-ethyl adjacent to an activating group) is 1. The zero-order chi connectivity index (χ0) is 10.6. The Bertz CT molecular complexity index is 284. The Labute approximate surface area is 84.5 Å². The molecule has 0 spiro atoms. The quantitative estimate of drug-likeness (QED) is 0.730. The molecule has 0 aliphatic carbocycles. The highest BCUT2D eigenvalue weighted by molar-refractivity contribution is 4.88. The Kier molecular flexibility index (Phi) is 4.03. The van der Waals surface area contributed by atoms with Gasteiger partial charge in [-0.15, -0.1) is 0 Å². The normalized spacial score (nSPS) is 13.1. The average Bonchev–Trinajstić information content (AvgIpc) is 2.44. The molecule has 80 valence electrons. The van der Waals surface area contributed by atoms with Crippen LogP contribution < -0.4 is 5.32 Å². The smallest absolute Gasteiger partial charge is 0.147 e. The molecule has 1 N–H and O–H groups in total. The van der Waals surface area contributed by atoms with Gasteiger partial charge in [0.15, 0.2) is 0 Å². The molecule has 1 rings (SSSR count). The van der Waals surface area contributed by atoms with Crippen LogP contribution in [0.3, 0.4) is 0 Å². The van der Waals surface area contributed by atoms with Crippen molar-refractivity contribution in [3.05, 3.63) is 11.6 Å². The summed E-state index contributed by atoms with van der Waals surface area (Å²) in [5, 5.41) is 7.46. The van der Waals surface area contributed by atoms with Crippen LogP contribution in [0.15, 0.2) is 0 Å². The third kappa shape index (κ3) is 2.78. The average molecular weight is 198 g/mol. The standard InChI is InChI=1S/C9H18N4O/c1-7-11-8(2)13(12-7)5-9(10-3)6-14-4/h9-10H,5-6H2,1-4H3. The van der Waals surface area contributed by atoms with Gasteiger partial charge in [-0.1, -0.05) is 0 Å². The summed E-state index contributed by atoms with van der Waals surface area (Å²) in [5.74, 6) is 1.76. The van der Waals surface area contributed by atoms with Crippen molar-refractivity contribution in [2.75, 3.05) is 20.8 Å². The Balaban J connectivity index is 2.61. The first kappa shape index (κ1) is 11.1. The van der Waals surface area contributed by atoms with Gasteiger partial charge in [0.1, 0.15) is 11.6 Å². The van der Waals surface area contributed by atoms with Crippen molar-refractivity contribution in [2.45, 2.75) is 26.4 Å². The molecule has 0 aliphatic rings. The molecule has 5 heteroatoms. The number of aromatic nitrogens is 3. The molecule has 5 nitrogen and oxygen atoms in total. The third-order valence-electron chi connectivity index (χ3n) is 2.13. The highest BCUT2D eigenvalue weighted by atomic mass is 16.5. The molecule has 1 unspecified atom stereocenters. The lowest BCUT2D eigenvalue weighted by Crippen LogP contribution is -2.35. The predicted octanol–water partition coefficient (Wildman–Crippen LogP) is 0.129. The number of hydrogen-bond acceptors (Lipinski definition) is 4. The number of methoxy groups -OCH3 is 1. The van der Waals surface area contributed by atoms with E-state index in [0.29, 0.717) is 6.61 Å². The minimum absolute atomic E-state index is 0.278. The minimum Gasteiger partial charge on any atom is -0.383 e. The highest BCUT2D eigenvalue weighted by Crippen LogP contribution is 1.98. The Morgan fingerprint density at radius 1 is 1.50 bits per heavy atom. The van der Waals surface area contributed by atoms with Gasteiger partial charge < -0.3 is 10.1 Å². The molecular formula is C9H18N4O. The van der Waals surface area contributed by atoms with Crippen molar-refractivity contribution in [1.82, 2.24) is 20.1 Å². The maximum Gasteiger partial charge on any atom is 0.147 e. The Morgan fingerprint density at radius 3 is 2.64 bits per heavy atom. The summed E-state index contributed by atoms with van der Waals surface area (Å²) >= 11 is 0. The van der Waals surface area contributed by atoms with Gasteiger partial charge in [-0.3, -0.25) is 0 Å². The second kappa shape index (κ2) is 5.07. The van der Waals surface area contributed by atoms with Gasteiger partial charge in [-0.25, -0.2) is 9.67 Å². The first-order chi connectivity index (χ1) is 6.67. The molecular weight excluding hydrogens is 180 g/mol. The minimum atomic E-state index is 0.278. The zero-order valence-electron chi connectivity index (χ0n) is 9.24. The molecule has 1 heterocycles. The van der Waals surface area contributed by atoms with Crippen molar-refractivity contribution in [3.63, 3.8) is 0 Å². The molecule has 0 aliphatic heterocycles. The molecule has 0 saturated carbocycles. The van der Waals surface area contributed by atoms with Crippen molar-refractivity contribution in [1.29, 1.82) is 0 Å². The molecule has 0 aromatic carbocycles. The third-order valence-corrected chi connectivity index (χ3v) is 2.13. The number of nitrogens with zero attached hydrogens (tertiary/aromatic N) is 3. The van der Waals surface area contributed by atoms with Crippen LogP contribution in [0.5, 0.6) is 0 Å². The zero-order valence-corrected chi connectivity index (χ0v) is 9.24. The fourth-order valence-electron chi connectivity index (χ4n) is 1.37. The predicted molar refractivity (Wildman–Crippen MR) is 54.2 cm³/mol. The second-order valence-electron chi connectivity index (χ2n) is 3.33. The summed E-state index contributed by atoms with van der Waals surface area (Å²) in [6, 6.07) is 0.278. The number of nitrogens with one attached hydrogen (secondary N) is 1. The van der Waals surface area contributed by atoms with Gasteiger partial charge >= 0.3 is 0 Å². The van der Waals surface area contributed by atoms with Gasteiger partial charge in [-0.05, 0) is 20.9 Å². The van der Waals surface area contributed by atoms with Crippen LogP contribution in [-0.2, 0) is 11.3 Å². The van der Waals surface area contributed by atoms with E-state index in [2.05, 4.69) is 15.4 Å². The largest absolute Gasteiger partial charge is 0.383 e. The first-order valence-corrected chi connectivity index (χ1v) is 4.71. The molecule has 1 aromatic rings. The fraction of sp³-hybridized carbons (Fsp3) is 0.778. The van der Waals surface area contributed by atoms with Gasteiger partial charge in [0, 0.05) is 13.2 Å². The summed E-state index contributed by atoms with van der Waals surface area (Å²) in [6.45, 7) is 5.32. The SMILES string of the molecule is CNC(COC)Cn1nc(C)nc1C. The lowest BCUT2D eigenvalue weighted by atomic mass is 10.3. The molecule has 0 saturated heterocycles. The van der Waals surface area contributed by atoms with Crippen LogP contribution in [-0.4, -0.2) is 41.6 Å². The van der Waals surface area contributed by atoms with Gasteiger partial charge in [-0.2, -0.15) is 5.10 Å². The number of hydrogen-bond donors (Lipinski definition) is 1. The van der Waals surface area contributed by atoms with E-state index < -0.39 is 0 Å². The molecule has 1 atom stereocenters. The van der Waals surface area contributed by atoms with Crippen molar-refractivity contribution in [2.24, 2.45) is 0 Å². The van der Waals surface area contributed by atoms with E-state index in [0.717, 1.165) is 18.2 Å². The summed E-state index contributed by atoms with van der Waals surface area (Å²) in [4.78, 5) is 4.24. The fourth-order valence-corrected chi connectivity index (χ4v) is 1.37. The lowest BCUT2D eigenvalue weighted by molar-refractivity contribution is 0.160. The van der Waals surface area contributed by atoms with E-state index in [1.807, 2.05) is 25.6 Å². The maximum atomic E-state index is 5.09. The van der Waals surface area contributed by atoms with Gasteiger partial charge in [0.25, 0.3) is 0 Å². The van der Waals surface area contributed by atoms with Crippen LogP contribution in [0.2, 0.25) is 0 Å². The van der Waals surface area contributed by atoms with Gasteiger partial charge in [0.2, 0.25) is 0 Å². The van der Waals surface area contributed by atoms with Crippen molar-refractivity contribution in [3.8, 4) is 0 Å². The van der Waals surface area contributed by atoms with Crippen molar-refractivity contribution < 1.29 is 4.74 Å². The molecule has 0 radical (unpaired) electrons. The van der Waals surface area contributed by atoms with Crippen LogP contribution in [0.1, 0.15) is 11.6 Å². The second-order valence-corrected chi connectivity index (χ2v) is 3.33. The number of aryl methyl sites for hydroxylation is 2. The number of rotatable bonds is 5. The van der Waals surface area contributed by atoms with E-state index in [4.69, 9.17) is 4.74 Å². The molecule has 0 fully saturated rings. The van der Waals surface area contributed by atoms with Crippen LogP contribution >= 0.6 is 0 Å². The van der Waals surface area contributed by atoms with Gasteiger partial charge in [0.05, 0.1) is 13.2 Å². The topological polar surface area (TPSA) is 52.0 Å². The summed E-state index contributed by atoms with van der Waals surface area (Å²) in [6.07, 6.45) is 0. The maximum absolute atomic E-state index is 5.09. The van der Waals surface area contributed by atoms with Crippen LogP contribution in [0.4, 0.5) is 0 Å². The first-order valence-electron chi connectivity index (χ1n) is 4.71. The Morgan fingerprint density at radius 2 is 2.21 bits per heavy atom. The van der Waals surface area contributed by atoms with E-state index in [-0.39, 0.29) is 6.04 Å². The molecule has 0 amide bonds. The summed E-state index contributed by atoms with van der Waals surface area (Å²) in [5.41, 5.74) is 0. The Hall–Kier alpha value is -0.940. The van der Waals surface area contributed by atoms with Crippen molar-refractivity contribution >= 4 is 0 Å². The molecule has 14 heavy (non-hydrogen) atoms. The lowest BCUT2D eigenvalue weighted by Gasteiger charge is -2.15. The molecule has 1 aromatic heterocycles. The van der Waals surface area contributed by atoms with E-state index >= 15 is 0 Å². The summed E-state index contributed by atoms with van der Waals surface area (Å²) in [7, 11) is 3.62. The van der Waals surface area contributed by atoms with E-state index in [1.54, 1.807) is 7.11 Å². The summed E-state index contributed by atoms with van der Waals surface area (Å²) < 4.78 is 6.99. The molecule has 0 bridgehead atoms. The van der Waals surface area contributed by atoms with Crippen LogP contribution in [0, 0.1) is 13.8 Å². The van der Waals surface area contributed by atoms with E-state index in [9.17, 15) is 0 Å².